The molecule has 18 heavy (non-hydrogen) atoms. The van der Waals surface area contributed by atoms with Crippen molar-refractivity contribution in [3.05, 3.63) is 0 Å². The van der Waals surface area contributed by atoms with Gasteiger partial charge in [0.15, 0.2) is 5.66 Å². The highest BCUT2D eigenvalue weighted by atomic mass is 16.2. The van der Waals surface area contributed by atoms with Crippen LogP contribution >= 0.6 is 0 Å². The van der Waals surface area contributed by atoms with Crippen LogP contribution in [-0.2, 0) is 9.59 Å². The minimum atomic E-state index is -1.04. The molecule has 0 aromatic heterocycles. The number of likely N-dealkylation sites (N-methyl/N-ethyl adjacent to an activating group) is 1. The number of likely N-dealkylation sites (tertiary alicyclic amines) is 1. The highest BCUT2D eigenvalue weighted by molar-refractivity contribution is 5.93. The van der Waals surface area contributed by atoms with E-state index in [-0.39, 0.29) is 5.91 Å². The number of carbonyl (C=O) groups is 2. The van der Waals surface area contributed by atoms with Gasteiger partial charge in [0.1, 0.15) is 0 Å². The molecule has 0 spiro atoms. The summed E-state index contributed by atoms with van der Waals surface area (Å²) in [6.07, 6.45) is 2.67. The highest BCUT2D eigenvalue weighted by Gasteiger charge is 2.57. The lowest BCUT2D eigenvalue weighted by Gasteiger charge is -2.41. The van der Waals surface area contributed by atoms with Gasteiger partial charge in [0.05, 0.1) is 5.92 Å². The molecule has 2 rings (SSSR count). The van der Waals surface area contributed by atoms with Gasteiger partial charge in [0.2, 0.25) is 5.91 Å². The van der Waals surface area contributed by atoms with Crippen molar-refractivity contribution in [3.8, 4) is 0 Å². The van der Waals surface area contributed by atoms with Gasteiger partial charge in [0, 0.05) is 33.7 Å². The summed E-state index contributed by atoms with van der Waals surface area (Å²) in [6, 6.07) is 0. The van der Waals surface area contributed by atoms with Crippen LogP contribution < -0.4 is 11.1 Å². The summed E-state index contributed by atoms with van der Waals surface area (Å²) in [4.78, 5) is 27.8. The van der Waals surface area contributed by atoms with Gasteiger partial charge in [-0.3, -0.25) is 14.5 Å². The average molecular weight is 253 g/mol. The second-order valence-corrected chi connectivity index (χ2v) is 5.25. The van der Waals surface area contributed by atoms with Crippen LogP contribution in [0.25, 0.3) is 0 Å². The monoisotopic (exact) mass is 253 g/mol. The first-order chi connectivity index (χ1) is 8.50. The molecule has 2 atom stereocenters. The fourth-order valence-electron chi connectivity index (χ4n) is 3.08. The van der Waals surface area contributed by atoms with E-state index in [0.717, 1.165) is 25.9 Å². The van der Waals surface area contributed by atoms with E-state index >= 15 is 0 Å². The van der Waals surface area contributed by atoms with Gasteiger partial charge < -0.3 is 10.6 Å². The smallest absolute Gasteiger partial charge is 0.259 e. The molecule has 2 fully saturated rings. The Bertz CT molecular complexity index is 352. The summed E-state index contributed by atoms with van der Waals surface area (Å²) in [5.74, 6) is -1.03. The zero-order chi connectivity index (χ0) is 13.3. The lowest BCUT2D eigenvalue weighted by molar-refractivity contribution is -0.150. The van der Waals surface area contributed by atoms with Gasteiger partial charge in [-0.1, -0.05) is 0 Å². The Labute approximate surface area is 107 Å². The van der Waals surface area contributed by atoms with E-state index < -0.39 is 17.5 Å². The molecule has 2 saturated heterocycles. The van der Waals surface area contributed by atoms with Crippen molar-refractivity contribution in [2.45, 2.75) is 24.9 Å². The normalized spacial score (nSPS) is 32.7. The van der Waals surface area contributed by atoms with Crippen molar-refractivity contribution in [2.24, 2.45) is 11.7 Å². The summed E-state index contributed by atoms with van der Waals surface area (Å²) in [5.41, 5.74) is 4.45. The first-order valence-corrected chi connectivity index (χ1v) is 6.45. The summed E-state index contributed by atoms with van der Waals surface area (Å²) in [7, 11) is 3.40. The Morgan fingerprint density at radius 2 is 1.94 bits per heavy atom. The molecule has 0 bridgehead atoms. The number of hydrogen-bond acceptors (Lipinski definition) is 3. The molecule has 0 aliphatic carbocycles. The molecule has 0 aromatic rings. The topological polar surface area (TPSA) is 80.7 Å². The van der Waals surface area contributed by atoms with E-state index in [0.29, 0.717) is 13.0 Å². The minimum absolute atomic E-state index is 0.120. The van der Waals surface area contributed by atoms with E-state index in [1.54, 1.807) is 14.1 Å². The predicted molar refractivity (Wildman–Crippen MR) is 66.5 cm³/mol. The van der Waals surface area contributed by atoms with Crippen LogP contribution in [0, 0.1) is 5.92 Å². The highest BCUT2D eigenvalue weighted by Crippen LogP contribution is 2.35. The molecule has 2 unspecified atom stereocenters. The second-order valence-electron chi connectivity index (χ2n) is 5.25. The van der Waals surface area contributed by atoms with Crippen LogP contribution in [0.4, 0.5) is 0 Å². The summed E-state index contributed by atoms with van der Waals surface area (Å²) in [6.45, 7) is 2.16. The van der Waals surface area contributed by atoms with Gasteiger partial charge in [0.25, 0.3) is 5.91 Å². The van der Waals surface area contributed by atoms with Crippen molar-refractivity contribution in [1.29, 1.82) is 0 Å². The number of primary amides is 1. The van der Waals surface area contributed by atoms with Gasteiger partial charge in [-0.05, 0) is 19.3 Å². The molecular weight excluding hydrogens is 232 g/mol. The fraction of sp³-hybridized carbons (Fsp3) is 0.833. The van der Waals surface area contributed by atoms with Crippen molar-refractivity contribution >= 4 is 11.8 Å². The van der Waals surface area contributed by atoms with Crippen LogP contribution in [0.1, 0.15) is 19.3 Å². The summed E-state index contributed by atoms with van der Waals surface area (Å²) in [5, 5.41) is 4.51. The molecule has 2 amide bonds. The minimum Gasteiger partial charge on any atom is -0.369 e. The molecule has 101 valence electrons. The predicted octanol–water partition coefficient (Wildman–Crippen LogP) is -1.02. The molecule has 2 aliphatic rings. The van der Waals surface area contributed by atoms with E-state index in [9.17, 15) is 9.59 Å². The van der Waals surface area contributed by atoms with Crippen LogP contribution in [0.3, 0.4) is 0 Å². The lowest BCUT2D eigenvalue weighted by Crippen LogP contribution is -2.66. The Kier molecular flexibility index (Phi) is 3.59. The van der Waals surface area contributed by atoms with Crippen LogP contribution in [0.5, 0.6) is 0 Å². The zero-order valence-corrected chi connectivity index (χ0v) is 11.1. The van der Waals surface area contributed by atoms with Gasteiger partial charge in [-0.15, -0.1) is 0 Å². The molecule has 0 aromatic carbocycles. The fourth-order valence-corrected chi connectivity index (χ4v) is 3.08. The van der Waals surface area contributed by atoms with Crippen molar-refractivity contribution in [3.63, 3.8) is 0 Å². The SMILES string of the molecule is CN(C)C(=O)C1(N2CCCC2)[N]CCC1C(N)=O. The molecule has 0 saturated carbocycles. The van der Waals surface area contributed by atoms with Crippen molar-refractivity contribution < 1.29 is 9.59 Å². The third kappa shape index (κ3) is 1.89. The molecule has 6 nitrogen and oxygen atoms in total. The lowest BCUT2D eigenvalue weighted by atomic mass is 9.90. The maximum absolute atomic E-state index is 12.6. The number of rotatable bonds is 3. The second kappa shape index (κ2) is 4.85. The van der Waals surface area contributed by atoms with E-state index in [1.165, 1.54) is 4.90 Å². The molecule has 1 radical (unpaired) electrons. The molecule has 6 heteroatoms. The Balaban J connectivity index is 2.38. The Morgan fingerprint density at radius 3 is 2.44 bits per heavy atom. The third-order valence-electron chi connectivity index (χ3n) is 3.91. The van der Waals surface area contributed by atoms with Crippen molar-refractivity contribution in [1.82, 2.24) is 15.1 Å². The maximum atomic E-state index is 12.6. The van der Waals surface area contributed by atoms with Crippen LogP contribution in [-0.4, -0.2) is 61.0 Å². The quantitative estimate of drug-likeness (QED) is 0.699. The Morgan fingerprint density at radius 1 is 1.33 bits per heavy atom. The number of nitrogens with zero attached hydrogens (tertiary/aromatic N) is 3. The Hall–Kier alpha value is -1.14. The maximum Gasteiger partial charge on any atom is 0.259 e. The number of hydrogen-bond donors (Lipinski definition) is 1. The summed E-state index contributed by atoms with van der Waals surface area (Å²) < 4.78 is 0. The first kappa shape index (κ1) is 13.3. The van der Waals surface area contributed by atoms with E-state index in [1.807, 2.05) is 4.90 Å². The van der Waals surface area contributed by atoms with Crippen molar-refractivity contribution in [2.75, 3.05) is 33.7 Å². The first-order valence-electron chi connectivity index (χ1n) is 6.45. The van der Waals surface area contributed by atoms with Gasteiger partial charge in [-0.25, -0.2) is 5.32 Å². The van der Waals surface area contributed by atoms with E-state index in [4.69, 9.17) is 5.73 Å². The number of nitrogens with two attached hydrogens (primary N) is 1. The van der Waals surface area contributed by atoms with Gasteiger partial charge >= 0.3 is 0 Å². The largest absolute Gasteiger partial charge is 0.369 e. The molecular formula is C12H21N4O2. The standard InChI is InChI=1S/C12H21N4O2/c1-15(2)11(18)12(16-7-3-4-8-16)9(10(13)17)5-6-14-12/h9H,3-8H2,1-2H3,(H2,13,17). The van der Waals surface area contributed by atoms with E-state index in [2.05, 4.69) is 5.32 Å². The summed E-state index contributed by atoms with van der Waals surface area (Å²) >= 11 is 0. The third-order valence-corrected chi connectivity index (χ3v) is 3.91. The number of amides is 2. The average Bonchev–Trinajstić information content (AvgIpc) is 2.96. The zero-order valence-electron chi connectivity index (χ0n) is 11.1. The number of carbonyl (C=O) groups excluding carboxylic acids is 2. The molecule has 2 heterocycles. The van der Waals surface area contributed by atoms with Gasteiger partial charge in [-0.2, -0.15) is 0 Å². The van der Waals surface area contributed by atoms with Crippen LogP contribution in [0.15, 0.2) is 0 Å². The molecule has 2 N–H and O–H groups in total. The van der Waals surface area contributed by atoms with Crippen LogP contribution in [0.2, 0.25) is 0 Å². The molecule has 2 aliphatic heterocycles.